The number of methoxy groups -OCH3 is 1. The van der Waals surface area contributed by atoms with Gasteiger partial charge in [-0.05, 0) is 40.4 Å². The molecule has 0 saturated carbocycles. The zero-order valence-electron chi connectivity index (χ0n) is 20.2. The second kappa shape index (κ2) is 9.47. The average Bonchev–Trinajstić information content (AvgIpc) is 3.27. The summed E-state index contributed by atoms with van der Waals surface area (Å²) in [6.07, 6.45) is 1.73. The molecular weight excluding hydrogens is 657 g/mol. The van der Waals surface area contributed by atoms with Crippen molar-refractivity contribution in [3.63, 3.8) is 0 Å². The second-order valence-corrected chi connectivity index (χ2v) is 8.76. The molecule has 0 unspecified atom stereocenters. The molecule has 6 nitrogen and oxygen atoms in total. The number of benzene rings is 4. The molecule has 7 aromatic rings. The van der Waals surface area contributed by atoms with Gasteiger partial charge in [-0.2, -0.15) is 6.07 Å². The molecule has 7 heteroatoms. The Morgan fingerprint density at radius 2 is 1.61 bits per heavy atom. The number of phenolic OH excluding ortho intramolecular Hbond substituents is 1. The van der Waals surface area contributed by atoms with E-state index >= 15 is 0 Å². The minimum atomic E-state index is 0. The Bertz CT molecular complexity index is 1980. The smallest absolute Gasteiger partial charge is 0.217 e. The van der Waals surface area contributed by atoms with Crippen LogP contribution in [0.4, 0.5) is 0 Å². The summed E-state index contributed by atoms with van der Waals surface area (Å²) in [4.78, 5) is 9.21. The van der Waals surface area contributed by atoms with E-state index in [9.17, 15) is 5.11 Å². The number of hydrogen-bond acceptors (Lipinski definition) is 5. The molecule has 3 aromatic heterocycles. The minimum absolute atomic E-state index is 0. The summed E-state index contributed by atoms with van der Waals surface area (Å²) in [5.41, 5.74) is 2.33. The molecule has 3 heterocycles. The summed E-state index contributed by atoms with van der Waals surface area (Å²) in [7, 11) is 1.64. The maximum atomic E-state index is 10.6. The number of aromatic nitrogens is 3. The molecule has 0 aliphatic rings. The van der Waals surface area contributed by atoms with Gasteiger partial charge in [-0.1, -0.05) is 48.0 Å². The Labute approximate surface area is 232 Å². The van der Waals surface area contributed by atoms with Crippen LogP contribution in [0.15, 0.2) is 97.2 Å². The van der Waals surface area contributed by atoms with E-state index in [1.165, 1.54) is 0 Å². The Hall–Kier alpha value is -4.41. The normalized spacial score (nSPS) is 11.2. The van der Waals surface area contributed by atoms with E-state index in [-0.39, 0.29) is 26.8 Å². The number of fused-ring (bicyclic) bond motifs is 6. The first-order valence-electron chi connectivity index (χ1n) is 11.8. The summed E-state index contributed by atoms with van der Waals surface area (Å²) in [6.45, 7) is 0. The van der Waals surface area contributed by atoms with Crippen LogP contribution in [-0.2, 0) is 21.1 Å². The first-order chi connectivity index (χ1) is 18.2. The van der Waals surface area contributed by atoms with Gasteiger partial charge in [-0.3, -0.25) is 0 Å². The second-order valence-electron chi connectivity index (χ2n) is 8.76. The molecule has 188 valence electrons. The molecule has 0 aliphatic heterocycles. The van der Waals surface area contributed by atoms with Gasteiger partial charge in [0.1, 0.15) is 22.8 Å². The Kier molecular flexibility index (Phi) is 5.97. The van der Waals surface area contributed by atoms with Gasteiger partial charge in [0.2, 0.25) is 5.88 Å². The fourth-order valence-electron chi connectivity index (χ4n) is 4.93. The van der Waals surface area contributed by atoms with Crippen LogP contribution >= 0.6 is 0 Å². The van der Waals surface area contributed by atoms with E-state index < -0.39 is 0 Å². The summed E-state index contributed by atoms with van der Waals surface area (Å²) in [5, 5.41) is 15.6. The van der Waals surface area contributed by atoms with Crippen LogP contribution in [-0.4, -0.2) is 26.8 Å². The molecule has 4 aromatic carbocycles. The van der Waals surface area contributed by atoms with Crippen molar-refractivity contribution in [2.45, 2.75) is 0 Å². The van der Waals surface area contributed by atoms with Gasteiger partial charge in [0.25, 0.3) is 0 Å². The van der Waals surface area contributed by atoms with Crippen LogP contribution in [0.3, 0.4) is 0 Å². The average molecular weight is 678 g/mol. The molecule has 7 rings (SSSR count). The van der Waals surface area contributed by atoms with Crippen molar-refractivity contribution < 1.29 is 35.6 Å². The van der Waals surface area contributed by atoms with Crippen LogP contribution in [0.1, 0.15) is 0 Å². The largest absolute Gasteiger partial charge is 0.506 e. The molecule has 0 fully saturated rings. The van der Waals surface area contributed by atoms with Crippen molar-refractivity contribution in [3.8, 4) is 28.9 Å². The van der Waals surface area contributed by atoms with Crippen molar-refractivity contribution >= 4 is 43.5 Å². The predicted octanol–water partition coefficient (Wildman–Crippen LogP) is 7.18. The molecule has 0 bridgehead atoms. The van der Waals surface area contributed by atoms with E-state index in [1.54, 1.807) is 19.4 Å². The van der Waals surface area contributed by atoms with Gasteiger partial charge < -0.3 is 19.1 Å². The first-order valence-corrected chi connectivity index (χ1v) is 11.8. The number of rotatable bonds is 4. The molecule has 0 amide bonds. The van der Waals surface area contributed by atoms with Crippen molar-refractivity contribution in [1.29, 1.82) is 0 Å². The van der Waals surface area contributed by atoms with Gasteiger partial charge in [0.15, 0.2) is 0 Å². The fourth-order valence-corrected chi connectivity index (χ4v) is 4.93. The summed E-state index contributed by atoms with van der Waals surface area (Å²) in [6, 6.07) is 32.6. The van der Waals surface area contributed by atoms with Gasteiger partial charge in [0.05, 0.1) is 7.11 Å². The molecular formula is C31H20N3O3Pt-. The zero-order valence-corrected chi connectivity index (χ0v) is 22.4. The van der Waals surface area contributed by atoms with Crippen molar-refractivity contribution in [3.05, 3.63) is 103 Å². The van der Waals surface area contributed by atoms with Crippen molar-refractivity contribution in [1.82, 2.24) is 14.5 Å². The van der Waals surface area contributed by atoms with Crippen LogP contribution < -0.4 is 9.47 Å². The number of aromatic hydroxyl groups is 1. The monoisotopic (exact) mass is 677 g/mol. The summed E-state index contributed by atoms with van der Waals surface area (Å²) in [5.74, 6) is 2.43. The molecule has 0 atom stereocenters. The Morgan fingerprint density at radius 1 is 0.816 bits per heavy atom. The number of phenols is 1. The molecule has 0 radical (unpaired) electrons. The van der Waals surface area contributed by atoms with Gasteiger partial charge in [0, 0.05) is 56.0 Å². The Morgan fingerprint density at radius 3 is 2.47 bits per heavy atom. The van der Waals surface area contributed by atoms with Gasteiger partial charge >= 0.3 is 0 Å². The van der Waals surface area contributed by atoms with Crippen LogP contribution in [0.25, 0.3) is 49.3 Å². The maximum Gasteiger partial charge on any atom is 0.217 e. The fraction of sp³-hybridized carbons (Fsp3) is 0.0323. The van der Waals surface area contributed by atoms with Crippen molar-refractivity contribution in [2.24, 2.45) is 0 Å². The molecule has 0 saturated heterocycles. The molecule has 0 spiro atoms. The van der Waals surface area contributed by atoms with Crippen LogP contribution in [0.2, 0.25) is 0 Å². The van der Waals surface area contributed by atoms with Crippen molar-refractivity contribution in [2.75, 3.05) is 7.11 Å². The standard InChI is InChI=1S/C31H20N3O3.Pt/c1-36-20-14-15-32-29(18-20)34-26-9-5-4-8-23(26)24-11-10-21(17-27(24)34)37-30-13-12-25-22-7-3-2-6-19(22)16-28(35)31(25)33-30;/h2-16,18,35H,1H3;/q-1;. The third-order valence-electron chi connectivity index (χ3n) is 6.61. The van der Waals surface area contributed by atoms with Gasteiger partial charge in [-0.25, -0.2) is 9.97 Å². The van der Waals surface area contributed by atoms with E-state index in [0.29, 0.717) is 17.1 Å². The molecule has 0 aliphatic carbocycles. The maximum absolute atomic E-state index is 10.6. The van der Waals surface area contributed by atoms with E-state index in [0.717, 1.165) is 49.5 Å². The zero-order chi connectivity index (χ0) is 24.9. The van der Waals surface area contributed by atoms with Gasteiger partial charge in [-0.15, -0.1) is 17.5 Å². The number of para-hydroxylation sites is 1. The van der Waals surface area contributed by atoms with E-state index in [1.807, 2.05) is 77.4 Å². The number of hydrogen-bond donors (Lipinski definition) is 1. The first kappa shape index (κ1) is 24.0. The van der Waals surface area contributed by atoms with E-state index in [4.69, 9.17) is 9.47 Å². The summed E-state index contributed by atoms with van der Waals surface area (Å²) >= 11 is 0. The predicted molar refractivity (Wildman–Crippen MR) is 145 cm³/mol. The number of pyridine rings is 2. The summed E-state index contributed by atoms with van der Waals surface area (Å²) < 4.78 is 13.6. The van der Waals surface area contributed by atoms with Crippen LogP contribution in [0, 0.1) is 6.07 Å². The minimum Gasteiger partial charge on any atom is -0.506 e. The van der Waals surface area contributed by atoms with E-state index in [2.05, 4.69) is 28.2 Å². The number of ether oxygens (including phenoxy) is 2. The quantitative estimate of drug-likeness (QED) is 0.158. The SMILES string of the molecule is COc1ccnc(-n2c3[c-]c(Oc4ccc5c(n4)c(O)cc4ccccc45)ccc3c3ccccc32)c1.[Pt]. The third-order valence-corrected chi connectivity index (χ3v) is 6.61. The molecule has 1 N–H and O–H groups in total. The topological polar surface area (TPSA) is 69.4 Å². The third kappa shape index (κ3) is 3.85. The Balaban J connectivity index is 0.00000264. The number of nitrogens with zero attached hydrogens (tertiary/aromatic N) is 3. The molecule has 38 heavy (non-hydrogen) atoms. The van der Waals surface area contributed by atoms with Crippen LogP contribution in [0.5, 0.6) is 23.1 Å².